The van der Waals surface area contributed by atoms with Gasteiger partial charge in [0.15, 0.2) is 4.80 Å². The Morgan fingerprint density at radius 3 is 2.42 bits per heavy atom. The highest BCUT2D eigenvalue weighted by molar-refractivity contribution is 14.1. The zero-order valence-corrected chi connectivity index (χ0v) is 26.6. The summed E-state index contributed by atoms with van der Waals surface area (Å²) in [6.07, 6.45) is 1.84. The number of ether oxygens (including phenoxy) is 4. The normalized spacial score (nSPS) is 15.1. The Kier molecular flexibility index (Phi) is 9.19. The number of hydrogen-bond donors (Lipinski definition) is 0. The third-order valence-electron chi connectivity index (χ3n) is 5.86. The summed E-state index contributed by atoms with van der Waals surface area (Å²) >= 11 is 5.75. The minimum Gasteiger partial charge on any atom is -0.497 e. The van der Waals surface area contributed by atoms with Crippen molar-refractivity contribution < 1.29 is 23.7 Å². The van der Waals surface area contributed by atoms with Gasteiger partial charge in [0.25, 0.3) is 5.56 Å². The Balaban J connectivity index is 1.96. The van der Waals surface area contributed by atoms with Gasteiger partial charge < -0.3 is 18.9 Å². The number of methoxy groups -OCH3 is 2. The van der Waals surface area contributed by atoms with Gasteiger partial charge in [0.05, 0.1) is 50.4 Å². The van der Waals surface area contributed by atoms with E-state index in [1.54, 1.807) is 43.7 Å². The SMILES string of the molecule is CCOC(=O)C1=C(C)N=c2s/c(=C\c3cc(I)c(OCC)c(I)c3)c(=O)n2[C@@H]1c1ccc(OC)cc1OC. The lowest BCUT2D eigenvalue weighted by Crippen LogP contribution is -2.40. The maximum absolute atomic E-state index is 13.9. The van der Waals surface area contributed by atoms with E-state index in [9.17, 15) is 9.59 Å². The van der Waals surface area contributed by atoms with Crippen LogP contribution < -0.4 is 29.1 Å². The molecule has 0 spiro atoms. The second-order valence-electron chi connectivity index (χ2n) is 8.16. The van der Waals surface area contributed by atoms with Crippen LogP contribution in [0, 0.1) is 7.14 Å². The van der Waals surface area contributed by atoms with E-state index in [2.05, 4.69) is 50.2 Å². The fraction of sp³-hybridized carbons (Fsp3) is 0.296. The maximum atomic E-state index is 13.9. The van der Waals surface area contributed by atoms with Crippen molar-refractivity contribution in [3.05, 3.63) is 79.6 Å². The largest absolute Gasteiger partial charge is 0.497 e. The van der Waals surface area contributed by atoms with E-state index in [0.717, 1.165) is 18.5 Å². The number of esters is 1. The fourth-order valence-corrected chi connectivity index (χ4v) is 7.40. The Morgan fingerprint density at radius 1 is 1.11 bits per heavy atom. The standard InChI is InChI=1S/C27H26I2N2O6S/c1-6-36-24-18(28)10-15(11-19(24)29)12-21-25(32)31-23(17-9-8-16(34-4)13-20(17)35-5)22(26(33)37-7-2)14(3)30-27(31)38-21/h8-13,23H,6-7H2,1-5H3/b21-12-/t23-/m1/s1. The summed E-state index contributed by atoms with van der Waals surface area (Å²) in [5, 5.41) is 0. The number of halogens is 2. The minimum atomic E-state index is -0.783. The monoisotopic (exact) mass is 760 g/mol. The molecule has 0 unspecified atom stereocenters. The molecule has 11 heteroatoms. The molecule has 0 N–H and O–H groups in total. The molecule has 2 heterocycles. The number of rotatable bonds is 8. The van der Waals surface area contributed by atoms with Crippen LogP contribution >= 0.6 is 56.5 Å². The topological polar surface area (TPSA) is 88.4 Å². The first-order valence-corrected chi connectivity index (χ1v) is 14.7. The molecule has 0 bridgehead atoms. The summed E-state index contributed by atoms with van der Waals surface area (Å²) in [4.78, 5) is 32.2. The highest BCUT2D eigenvalue weighted by Crippen LogP contribution is 2.37. The van der Waals surface area contributed by atoms with Crippen LogP contribution in [-0.4, -0.2) is 38.0 Å². The van der Waals surface area contributed by atoms with Gasteiger partial charge in [0.2, 0.25) is 0 Å². The first kappa shape index (κ1) is 28.6. The first-order chi connectivity index (χ1) is 18.2. The van der Waals surface area contributed by atoms with Crippen molar-refractivity contribution in [3.63, 3.8) is 0 Å². The summed E-state index contributed by atoms with van der Waals surface area (Å²) < 4.78 is 26.1. The van der Waals surface area contributed by atoms with E-state index in [1.807, 2.05) is 25.1 Å². The van der Waals surface area contributed by atoms with Crippen molar-refractivity contribution in [2.45, 2.75) is 26.8 Å². The Hall–Kier alpha value is -2.39. The van der Waals surface area contributed by atoms with Gasteiger partial charge in [-0.05, 0) is 102 Å². The molecule has 0 saturated heterocycles. The predicted octanol–water partition coefficient (Wildman–Crippen LogP) is 4.42. The second-order valence-corrected chi connectivity index (χ2v) is 11.5. The fourth-order valence-electron chi connectivity index (χ4n) is 4.23. The van der Waals surface area contributed by atoms with Crippen molar-refractivity contribution in [1.29, 1.82) is 0 Å². The number of carbonyl (C=O) groups excluding carboxylic acids is 1. The highest BCUT2D eigenvalue weighted by Gasteiger charge is 2.35. The average molecular weight is 760 g/mol. The van der Waals surface area contributed by atoms with Gasteiger partial charge in [-0.1, -0.05) is 11.3 Å². The van der Waals surface area contributed by atoms with Gasteiger partial charge in [-0.15, -0.1) is 0 Å². The lowest BCUT2D eigenvalue weighted by molar-refractivity contribution is -0.139. The van der Waals surface area contributed by atoms with Crippen LogP contribution in [0.1, 0.15) is 37.9 Å². The molecule has 0 radical (unpaired) electrons. The van der Waals surface area contributed by atoms with Gasteiger partial charge in [-0.3, -0.25) is 9.36 Å². The highest BCUT2D eigenvalue weighted by atomic mass is 127. The third-order valence-corrected chi connectivity index (χ3v) is 8.44. The average Bonchev–Trinajstić information content (AvgIpc) is 3.19. The smallest absolute Gasteiger partial charge is 0.338 e. The van der Waals surface area contributed by atoms with Crippen molar-refractivity contribution in [2.24, 2.45) is 4.99 Å². The van der Waals surface area contributed by atoms with Crippen molar-refractivity contribution in [1.82, 2.24) is 4.57 Å². The van der Waals surface area contributed by atoms with E-state index in [1.165, 1.54) is 18.4 Å². The Labute approximate surface area is 251 Å². The number of hydrogen-bond acceptors (Lipinski definition) is 8. The molecule has 0 fully saturated rings. The lowest BCUT2D eigenvalue weighted by Gasteiger charge is -2.26. The molecular formula is C27H26I2N2O6S. The molecule has 0 aliphatic carbocycles. The molecule has 8 nitrogen and oxygen atoms in total. The molecule has 200 valence electrons. The van der Waals surface area contributed by atoms with Gasteiger partial charge in [-0.2, -0.15) is 0 Å². The zero-order chi connectivity index (χ0) is 27.6. The van der Waals surface area contributed by atoms with Crippen LogP contribution in [0.2, 0.25) is 0 Å². The Morgan fingerprint density at radius 2 is 1.82 bits per heavy atom. The molecule has 0 saturated carbocycles. The van der Waals surface area contributed by atoms with Crippen molar-refractivity contribution in [3.8, 4) is 17.2 Å². The van der Waals surface area contributed by atoms with Gasteiger partial charge >= 0.3 is 5.97 Å². The number of benzene rings is 2. The van der Waals surface area contributed by atoms with Gasteiger partial charge in [-0.25, -0.2) is 9.79 Å². The van der Waals surface area contributed by atoms with Crippen LogP contribution in [0.5, 0.6) is 17.2 Å². The quantitative estimate of drug-likeness (QED) is 0.250. The molecule has 2 aromatic carbocycles. The van der Waals surface area contributed by atoms with Crippen LogP contribution in [0.3, 0.4) is 0 Å². The minimum absolute atomic E-state index is 0.196. The third kappa shape index (κ3) is 5.50. The molecule has 38 heavy (non-hydrogen) atoms. The van der Waals surface area contributed by atoms with Crippen LogP contribution in [0.4, 0.5) is 0 Å². The number of aromatic nitrogens is 1. The van der Waals surface area contributed by atoms with E-state index < -0.39 is 12.0 Å². The summed E-state index contributed by atoms with van der Waals surface area (Å²) in [5.41, 5.74) is 2.02. The number of allylic oxidation sites excluding steroid dienone is 1. The number of carbonyl (C=O) groups is 1. The predicted molar refractivity (Wildman–Crippen MR) is 163 cm³/mol. The van der Waals surface area contributed by atoms with E-state index in [0.29, 0.717) is 44.3 Å². The first-order valence-electron chi connectivity index (χ1n) is 11.8. The van der Waals surface area contributed by atoms with E-state index in [4.69, 9.17) is 18.9 Å². The van der Waals surface area contributed by atoms with Crippen molar-refractivity contribution in [2.75, 3.05) is 27.4 Å². The summed E-state index contributed by atoms with van der Waals surface area (Å²) in [7, 11) is 3.10. The Bertz CT molecular complexity index is 1590. The van der Waals surface area contributed by atoms with Crippen LogP contribution in [0.15, 0.2) is 51.4 Å². The molecule has 4 rings (SSSR count). The molecule has 1 aliphatic heterocycles. The molecule has 1 atom stereocenters. The maximum Gasteiger partial charge on any atom is 0.338 e. The summed E-state index contributed by atoms with van der Waals surface area (Å²) in [6, 6.07) is 8.47. The molecule has 1 aliphatic rings. The van der Waals surface area contributed by atoms with Gasteiger partial charge in [0.1, 0.15) is 23.3 Å². The number of thiazole rings is 1. The second kappa shape index (κ2) is 12.2. The van der Waals surface area contributed by atoms with Gasteiger partial charge in [0, 0.05) is 11.6 Å². The van der Waals surface area contributed by atoms with E-state index >= 15 is 0 Å². The summed E-state index contributed by atoms with van der Waals surface area (Å²) in [6.45, 7) is 6.21. The lowest BCUT2D eigenvalue weighted by atomic mass is 9.95. The summed E-state index contributed by atoms with van der Waals surface area (Å²) in [5.74, 6) is 1.38. The van der Waals surface area contributed by atoms with Crippen LogP contribution in [0.25, 0.3) is 6.08 Å². The molecule has 3 aromatic rings. The molecular weight excluding hydrogens is 734 g/mol. The van der Waals surface area contributed by atoms with Crippen LogP contribution in [-0.2, 0) is 9.53 Å². The molecule has 0 amide bonds. The number of fused-ring (bicyclic) bond motifs is 1. The number of nitrogens with zero attached hydrogens (tertiary/aromatic N) is 2. The zero-order valence-electron chi connectivity index (χ0n) is 21.5. The molecule has 1 aromatic heterocycles. The van der Waals surface area contributed by atoms with E-state index in [-0.39, 0.29) is 12.2 Å². The van der Waals surface area contributed by atoms with Crippen molar-refractivity contribution >= 4 is 68.6 Å².